The van der Waals surface area contributed by atoms with Crippen molar-refractivity contribution in [1.82, 2.24) is 5.32 Å². The summed E-state index contributed by atoms with van der Waals surface area (Å²) in [5.41, 5.74) is 0. The van der Waals surface area contributed by atoms with Crippen molar-refractivity contribution in [2.75, 3.05) is 6.54 Å². The normalized spacial score (nSPS) is 30.4. The van der Waals surface area contributed by atoms with Crippen LogP contribution in [0.1, 0.15) is 6.42 Å². The summed E-state index contributed by atoms with van der Waals surface area (Å²) in [6, 6.07) is 0. The van der Waals surface area contributed by atoms with E-state index in [2.05, 4.69) is 17.9 Å². The lowest BCUT2D eigenvalue weighted by molar-refractivity contribution is -0.118. The average Bonchev–Trinajstić information content (AvgIpc) is 1.91. The van der Waals surface area contributed by atoms with Crippen molar-refractivity contribution in [2.45, 2.75) is 11.7 Å². The zero-order valence-electron chi connectivity index (χ0n) is 3.85. The summed E-state index contributed by atoms with van der Waals surface area (Å²) in [6.45, 7) is 0.799. The molecule has 0 radical (unpaired) electrons. The lowest BCUT2D eigenvalue weighted by Crippen LogP contribution is -2.18. The molecule has 1 aliphatic heterocycles. The topological polar surface area (TPSA) is 29.1 Å². The number of hydrogen-bond acceptors (Lipinski definition) is 2. The van der Waals surface area contributed by atoms with Gasteiger partial charge < -0.3 is 5.32 Å². The van der Waals surface area contributed by atoms with Crippen molar-refractivity contribution in [1.29, 1.82) is 0 Å². The smallest absolute Gasteiger partial charge is 0.232 e. The maximum absolute atomic E-state index is 10.4. The second kappa shape index (κ2) is 1.74. The lowest BCUT2D eigenvalue weighted by atomic mass is 10.4. The van der Waals surface area contributed by atoms with Crippen LogP contribution in [0.15, 0.2) is 0 Å². The first-order valence-corrected chi connectivity index (χ1v) is 2.78. The van der Waals surface area contributed by atoms with Gasteiger partial charge in [0.2, 0.25) is 5.91 Å². The van der Waals surface area contributed by atoms with Gasteiger partial charge in [-0.05, 0) is 6.42 Å². The van der Waals surface area contributed by atoms with Gasteiger partial charge in [-0.25, -0.2) is 0 Å². The number of hydrogen-bond donors (Lipinski definition) is 2. The zero-order valence-corrected chi connectivity index (χ0v) is 4.74. The number of rotatable bonds is 0. The highest BCUT2D eigenvalue weighted by Crippen LogP contribution is 2.05. The van der Waals surface area contributed by atoms with Crippen molar-refractivity contribution in [2.24, 2.45) is 0 Å². The Morgan fingerprint density at radius 1 is 1.86 bits per heavy atom. The minimum atomic E-state index is -0.0417. The first-order chi connectivity index (χ1) is 3.30. The van der Waals surface area contributed by atoms with E-state index in [1.165, 1.54) is 0 Å². The van der Waals surface area contributed by atoms with Gasteiger partial charge in [0.05, 0.1) is 5.25 Å². The molecule has 0 bridgehead atoms. The molecule has 1 N–H and O–H groups in total. The molecular weight excluding hydrogens is 110 g/mol. The number of nitrogens with one attached hydrogen (secondary N) is 1. The van der Waals surface area contributed by atoms with Crippen molar-refractivity contribution < 1.29 is 4.79 Å². The van der Waals surface area contributed by atoms with Crippen molar-refractivity contribution in [3.05, 3.63) is 0 Å². The van der Waals surface area contributed by atoms with Crippen LogP contribution in [0, 0.1) is 0 Å². The number of carbonyl (C=O) groups excluding carboxylic acids is 1. The van der Waals surface area contributed by atoms with Crippen LogP contribution in [0.5, 0.6) is 0 Å². The molecule has 1 amide bonds. The van der Waals surface area contributed by atoms with Gasteiger partial charge in [0.25, 0.3) is 0 Å². The van der Waals surface area contributed by atoms with Crippen LogP contribution in [-0.2, 0) is 4.79 Å². The van der Waals surface area contributed by atoms with Gasteiger partial charge in [0, 0.05) is 6.54 Å². The maximum Gasteiger partial charge on any atom is 0.232 e. The Bertz CT molecular complexity index is 93.7. The third-order valence-electron chi connectivity index (χ3n) is 1.02. The van der Waals surface area contributed by atoms with Gasteiger partial charge in [-0.2, -0.15) is 12.6 Å². The Morgan fingerprint density at radius 3 is 2.71 bits per heavy atom. The largest absolute Gasteiger partial charge is 0.355 e. The van der Waals surface area contributed by atoms with Crippen molar-refractivity contribution in [3.63, 3.8) is 0 Å². The summed E-state index contributed by atoms with van der Waals surface area (Å²) in [6.07, 6.45) is 0.877. The average molecular weight is 117 g/mol. The predicted molar refractivity (Wildman–Crippen MR) is 30.4 cm³/mol. The number of thiol groups is 1. The van der Waals surface area contributed by atoms with E-state index < -0.39 is 0 Å². The molecule has 3 heteroatoms. The van der Waals surface area contributed by atoms with Gasteiger partial charge in [-0.1, -0.05) is 0 Å². The van der Waals surface area contributed by atoms with E-state index >= 15 is 0 Å². The Labute approximate surface area is 47.7 Å². The molecule has 0 spiro atoms. The highest BCUT2D eigenvalue weighted by atomic mass is 32.1. The van der Waals surface area contributed by atoms with E-state index in [0.29, 0.717) is 0 Å². The third-order valence-corrected chi connectivity index (χ3v) is 1.51. The Morgan fingerprint density at radius 2 is 2.57 bits per heavy atom. The summed E-state index contributed by atoms with van der Waals surface area (Å²) < 4.78 is 0. The van der Waals surface area contributed by atoms with Crippen LogP contribution in [-0.4, -0.2) is 17.7 Å². The summed E-state index contributed by atoms with van der Waals surface area (Å²) in [5, 5.41) is 2.61. The first-order valence-electron chi connectivity index (χ1n) is 2.26. The molecule has 7 heavy (non-hydrogen) atoms. The lowest BCUT2D eigenvalue weighted by Gasteiger charge is -1.89. The van der Waals surface area contributed by atoms with Gasteiger partial charge in [0.15, 0.2) is 0 Å². The molecule has 2 nitrogen and oxygen atoms in total. The SMILES string of the molecule is O=C1NCC[C@@H]1S. The first kappa shape index (κ1) is 4.97. The fraction of sp³-hybridized carbons (Fsp3) is 0.750. The van der Waals surface area contributed by atoms with E-state index in [-0.39, 0.29) is 11.2 Å². The molecule has 1 aliphatic rings. The van der Waals surface area contributed by atoms with E-state index in [1.807, 2.05) is 0 Å². The summed E-state index contributed by atoms with van der Waals surface area (Å²) in [7, 11) is 0. The van der Waals surface area contributed by atoms with Crippen LogP contribution in [0.25, 0.3) is 0 Å². The quantitative estimate of drug-likeness (QED) is 0.423. The van der Waals surface area contributed by atoms with E-state index in [1.54, 1.807) is 0 Å². The van der Waals surface area contributed by atoms with Crippen LogP contribution >= 0.6 is 12.6 Å². The van der Waals surface area contributed by atoms with Gasteiger partial charge in [-0.15, -0.1) is 0 Å². The predicted octanol–water partition coefficient (Wildman–Crippen LogP) is -0.195. The van der Waals surface area contributed by atoms with Crippen LogP contribution in [0.4, 0.5) is 0 Å². The van der Waals surface area contributed by atoms with Crippen LogP contribution in [0.2, 0.25) is 0 Å². The number of carbonyl (C=O) groups is 1. The van der Waals surface area contributed by atoms with Crippen LogP contribution in [0.3, 0.4) is 0 Å². The molecule has 40 valence electrons. The standard InChI is InChI=1S/C4H7NOS/c6-4-3(7)1-2-5-4/h3,7H,1-2H2,(H,5,6)/t3-/m0/s1. The monoisotopic (exact) mass is 117 g/mol. The molecule has 1 fully saturated rings. The molecule has 0 aromatic heterocycles. The minimum Gasteiger partial charge on any atom is -0.355 e. The molecule has 1 rings (SSSR count). The van der Waals surface area contributed by atoms with Gasteiger partial charge >= 0.3 is 0 Å². The third kappa shape index (κ3) is 0.881. The van der Waals surface area contributed by atoms with Crippen molar-refractivity contribution in [3.8, 4) is 0 Å². The Hall–Kier alpha value is -0.180. The minimum absolute atomic E-state index is 0.0417. The fourth-order valence-electron chi connectivity index (χ4n) is 0.581. The molecule has 1 heterocycles. The van der Waals surface area contributed by atoms with Gasteiger partial charge in [0.1, 0.15) is 0 Å². The highest BCUT2D eigenvalue weighted by Gasteiger charge is 2.18. The fourth-order valence-corrected chi connectivity index (χ4v) is 0.801. The molecule has 1 saturated heterocycles. The molecule has 1 atom stereocenters. The molecular formula is C4H7NOS. The van der Waals surface area contributed by atoms with E-state index in [9.17, 15) is 4.79 Å². The Balaban J connectivity index is 2.48. The number of amides is 1. The maximum atomic E-state index is 10.4. The molecule has 0 aliphatic carbocycles. The Kier molecular flexibility index (Phi) is 1.23. The highest BCUT2D eigenvalue weighted by molar-refractivity contribution is 7.81. The van der Waals surface area contributed by atoms with Crippen molar-refractivity contribution >= 4 is 18.5 Å². The molecule has 0 aromatic rings. The van der Waals surface area contributed by atoms with E-state index in [4.69, 9.17) is 0 Å². The molecule has 0 unspecified atom stereocenters. The van der Waals surface area contributed by atoms with Gasteiger partial charge in [-0.3, -0.25) is 4.79 Å². The summed E-state index contributed by atoms with van der Waals surface area (Å²) >= 11 is 3.98. The zero-order chi connectivity index (χ0) is 5.28. The van der Waals surface area contributed by atoms with E-state index in [0.717, 1.165) is 13.0 Å². The molecule has 0 saturated carbocycles. The second-order valence-corrected chi connectivity index (χ2v) is 2.22. The van der Waals surface area contributed by atoms with Crippen LogP contribution < -0.4 is 5.32 Å². The molecule has 0 aromatic carbocycles. The second-order valence-electron chi connectivity index (χ2n) is 1.60. The summed E-state index contributed by atoms with van der Waals surface area (Å²) in [4.78, 5) is 10.4. The summed E-state index contributed by atoms with van der Waals surface area (Å²) in [5.74, 6) is 0.0725.